The van der Waals surface area contributed by atoms with E-state index in [1.165, 1.54) is 11.3 Å². The molecule has 0 saturated carbocycles. The highest BCUT2D eigenvalue weighted by molar-refractivity contribution is 7.93. The summed E-state index contributed by atoms with van der Waals surface area (Å²) in [6.45, 7) is 0.395. The molecular formula is C11H16N2O4S3. The fourth-order valence-electron chi connectivity index (χ4n) is 1.19. The van der Waals surface area contributed by atoms with Gasteiger partial charge in [-0.1, -0.05) is 11.8 Å². The average molecular weight is 336 g/mol. The number of sulfonamides is 1. The molecule has 0 aliphatic heterocycles. The summed E-state index contributed by atoms with van der Waals surface area (Å²) >= 11 is 1.36. The Labute approximate surface area is 123 Å². The number of hydrogen-bond donors (Lipinski definition) is 2. The second-order valence-corrected chi connectivity index (χ2v) is 9.40. The minimum Gasteiger partial charge on any atom is -0.320 e. The normalized spacial score (nSPS) is 11.9. The molecule has 112 valence electrons. The predicted molar refractivity (Wildman–Crippen MR) is 80.6 cm³/mol. The maximum absolute atomic E-state index is 11.6. The molecule has 0 unspecified atom stereocenters. The molecule has 6 nitrogen and oxygen atoms in total. The van der Waals surface area contributed by atoms with Crippen LogP contribution < -0.4 is 10.5 Å². The van der Waals surface area contributed by atoms with Crippen molar-refractivity contribution in [2.75, 3.05) is 24.3 Å². The fraction of sp³-hybridized carbons (Fsp3) is 0.455. The quantitative estimate of drug-likeness (QED) is 0.683. The van der Waals surface area contributed by atoms with E-state index in [1.807, 2.05) is 0 Å². The minimum atomic E-state index is -3.60. The van der Waals surface area contributed by atoms with Crippen molar-refractivity contribution in [1.82, 2.24) is 4.72 Å². The Kier molecular flexibility index (Phi) is 6.16. The Morgan fingerprint density at radius 3 is 2.55 bits per heavy atom. The maximum atomic E-state index is 11.6. The van der Waals surface area contributed by atoms with E-state index in [2.05, 4.69) is 16.6 Å². The van der Waals surface area contributed by atoms with Crippen molar-refractivity contribution >= 4 is 31.2 Å². The highest BCUT2D eigenvalue weighted by atomic mass is 32.2. The van der Waals surface area contributed by atoms with Gasteiger partial charge in [0, 0.05) is 17.7 Å². The lowest BCUT2D eigenvalue weighted by Crippen LogP contribution is -2.28. The molecule has 0 bridgehead atoms. The molecule has 0 aromatic carbocycles. The molecule has 9 heteroatoms. The van der Waals surface area contributed by atoms with Crippen LogP contribution in [0.2, 0.25) is 0 Å². The van der Waals surface area contributed by atoms with Gasteiger partial charge in [-0.05, 0) is 12.1 Å². The van der Waals surface area contributed by atoms with Gasteiger partial charge in [0.15, 0.2) is 0 Å². The van der Waals surface area contributed by atoms with Crippen LogP contribution in [0.3, 0.4) is 0 Å². The lowest BCUT2D eigenvalue weighted by atomic mass is 10.4. The molecule has 0 radical (unpaired) electrons. The van der Waals surface area contributed by atoms with Gasteiger partial charge in [-0.15, -0.1) is 11.3 Å². The lowest BCUT2D eigenvalue weighted by Gasteiger charge is -2.04. The van der Waals surface area contributed by atoms with Gasteiger partial charge < -0.3 is 5.73 Å². The van der Waals surface area contributed by atoms with Crippen LogP contribution in [-0.4, -0.2) is 41.1 Å². The highest BCUT2D eigenvalue weighted by Crippen LogP contribution is 2.15. The highest BCUT2D eigenvalue weighted by Gasteiger charge is 2.14. The number of nitrogens with one attached hydrogen (secondary N) is 1. The Hall–Kier alpha value is -0.920. The zero-order valence-electron chi connectivity index (χ0n) is 10.9. The van der Waals surface area contributed by atoms with E-state index in [0.29, 0.717) is 0 Å². The SMILES string of the molecule is CS(=O)(=O)CCS(=O)(=O)NCc1ccc(C#CCN)s1. The monoisotopic (exact) mass is 336 g/mol. The molecule has 0 aliphatic rings. The summed E-state index contributed by atoms with van der Waals surface area (Å²) in [5.74, 6) is 4.74. The van der Waals surface area contributed by atoms with E-state index >= 15 is 0 Å². The Balaban J connectivity index is 2.56. The lowest BCUT2D eigenvalue weighted by molar-refractivity contribution is 0.579. The molecular weight excluding hydrogens is 320 g/mol. The smallest absolute Gasteiger partial charge is 0.212 e. The third kappa shape index (κ3) is 7.02. The molecule has 1 rings (SSSR count). The maximum Gasteiger partial charge on any atom is 0.212 e. The Bertz CT molecular complexity index is 708. The average Bonchev–Trinajstić information content (AvgIpc) is 2.79. The van der Waals surface area contributed by atoms with E-state index in [4.69, 9.17) is 5.73 Å². The first-order chi connectivity index (χ1) is 9.22. The molecule has 1 aromatic heterocycles. The Morgan fingerprint density at radius 2 is 1.95 bits per heavy atom. The van der Waals surface area contributed by atoms with Crippen LogP contribution in [0.25, 0.3) is 0 Å². The third-order valence-corrected chi connectivity index (χ3v) is 5.70. The summed E-state index contributed by atoms with van der Waals surface area (Å²) in [6, 6.07) is 3.55. The number of thiophene rings is 1. The predicted octanol–water partition coefficient (Wildman–Crippen LogP) is -0.478. The zero-order valence-corrected chi connectivity index (χ0v) is 13.4. The van der Waals surface area contributed by atoms with E-state index in [0.717, 1.165) is 16.0 Å². The molecule has 0 fully saturated rings. The van der Waals surface area contributed by atoms with E-state index < -0.39 is 25.6 Å². The molecule has 1 heterocycles. The van der Waals surface area contributed by atoms with Crippen LogP contribution in [-0.2, 0) is 26.4 Å². The van der Waals surface area contributed by atoms with Crippen LogP contribution >= 0.6 is 11.3 Å². The van der Waals surface area contributed by atoms with Gasteiger partial charge in [0.1, 0.15) is 9.84 Å². The van der Waals surface area contributed by atoms with Gasteiger partial charge in [0.05, 0.1) is 22.9 Å². The third-order valence-electron chi connectivity index (χ3n) is 2.16. The molecule has 20 heavy (non-hydrogen) atoms. The molecule has 0 spiro atoms. The van der Waals surface area contributed by atoms with Crippen molar-refractivity contribution in [2.24, 2.45) is 5.73 Å². The fourth-order valence-corrected chi connectivity index (χ4v) is 4.71. The summed E-state index contributed by atoms with van der Waals surface area (Å²) in [5, 5.41) is 0. The Morgan fingerprint density at radius 1 is 1.25 bits per heavy atom. The minimum absolute atomic E-state index is 0.126. The molecule has 0 saturated heterocycles. The first-order valence-corrected chi connectivity index (χ1v) is 10.2. The van der Waals surface area contributed by atoms with Crippen LogP contribution in [0.1, 0.15) is 9.75 Å². The van der Waals surface area contributed by atoms with Gasteiger partial charge in [-0.3, -0.25) is 0 Å². The van der Waals surface area contributed by atoms with Crippen molar-refractivity contribution in [3.05, 3.63) is 21.9 Å². The van der Waals surface area contributed by atoms with Gasteiger partial charge in [-0.25, -0.2) is 21.6 Å². The number of rotatable bonds is 6. The van der Waals surface area contributed by atoms with Gasteiger partial charge in [-0.2, -0.15) is 0 Å². The summed E-state index contributed by atoms with van der Waals surface area (Å²) in [6.07, 6.45) is 1.00. The van der Waals surface area contributed by atoms with Crippen molar-refractivity contribution in [2.45, 2.75) is 6.54 Å². The van der Waals surface area contributed by atoms with E-state index in [-0.39, 0.29) is 18.8 Å². The van der Waals surface area contributed by atoms with Crippen molar-refractivity contribution in [3.63, 3.8) is 0 Å². The van der Waals surface area contributed by atoms with Gasteiger partial charge >= 0.3 is 0 Å². The van der Waals surface area contributed by atoms with Crippen LogP contribution in [0.15, 0.2) is 12.1 Å². The van der Waals surface area contributed by atoms with Crippen molar-refractivity contribution in [1.29, 1.82) is 0 Å². The van der Waals surface area contributed by atoms with Crippen molar-refractivity contribution in [3.8, 4) is 11.8 Å². The first kappa shape index (κ1) is 17.1. The standard InChI is InChI=1S/C11H16N2O4S3/c1-19(14,15)7-8-20(16,17)13-9-11-5-4-10(18-11)3-2-6-12/h4-5,13H,6-9,12H2,1H3. The van der Waals surface area contributed by atoms with Gasteiger partial charge in [0.25, 0.3) is 0 Å². The molecule has 1 aromatic rings. The molecule has 0 amide bonds. The van der Waals surface area contributed by atoms with Crippen LogP contribution in [0, 0.1) is 11.8 Å². The van der Waals surface area contributed by atoms with E-state index in [1.54, 1.807) is 12.1 Å². The zero-order chi connectivity index (χ0) is 15.2. The van der Waals surface area contributed by atoms with Gasteiger partial charge in [0.2, 0.25) is 10.0 Å². The largest absolute Gasteiger partial charge is 0.320 e. The van der Waals surface area contributed by atoms with Crippen LogP contribution in [0.4, 0.5) is 0 Å². The second kappa shape index (κ2) is 7.19. The number of sulfone groups is 1. The molecule has 3 N–H and O–H groups in total. The topological polar surface area (TPSA) is 106 Å². The second-order valence-electron chi connectivity index (χ2n) is 4.04. The number of nitrogens with two attached hydrogens (primary N) is 1. The van der Waals surface area contributed by atoms with Crippen molar-refractivity contribution < 1.29 is 16.8 Å². The van der Waals surface area contributed by atoms with Crippen LogP contribution in [0.5, 0.6) is 0 Å². The molecule has 0 aliphatic carbocycles. The summed E-state index contributed by atoms with van der Waals surface area (Å²) in [4.78, 5) is 1.61. The summed E-state index contributed by atoms with van der Waals surface area (Å²) < 4.78 is 47.5. The molecule has 0 atom stereocenters. The summed E-state index contributed by atoms with van der Waals surface area (Å²) in [5.41, 5.74) is 5.26. The summed E-state index contributed by atoms with van der Waals surface area (Å²) in [7, 11) is -6.89. The first-order valence-electron chi connectivity index (χ1n) is 5.64. The van der Waals surface area contributed by atoms with E-state index in [9.17, 15) is 16.8 Å². The number of hydrogen-bond acceptors (Lipinski definition) is 6.